The van der Waals surface area contributed by atoms with Crippen LogP contribution in [0.4, 0.5) is 26.3 Å². The Morgan fingerprint density at radius 2 is 1.76 bits per heavy atom. The molecule has 3 heterocycles. The Hall–Kier alpha value is -3.18. The fraction of sp³-hybridized carbons (Fsp3) is 0.455. The van der Waals surface area contributed by atoms with E-state index >= 15 is 0 Å². The summed E-state index contributed by atoms with van der Waals surface area (Å²) in [7, 11) is 1.13. The zero-order valence-corrected chi connectivity index (χ0v) is 18.1. The number of hydrogen-bond acceptors (Lipinski definition) is 4. The summed E-state index contributed by atoms with van der Waals surface area (Å²) < 4.78 is 83.0. The van der Waals surface area contributed by atoms with Gasteiger partial charge < -0.3 is 0 Å². The third kappa shape index (κ3) is 4.71. The predicted octanol–water partition coefficient (Wildman–Crippen LogP) is 5.17. The Kier molecular flexibility index (Phi) is 6.26. The monoisotopic (exact) mass is 485 g/mol. The molecule has 0 unspecified atom stereocenters. The molecule has 6 nitrogen and oxygen atoms in total. The van der Waals surface area contributed by atoms with Crippen LogP contribution in [-0.4, -0.2) is 24.5 Å². The molecule has 182 valence electrons. The lowest BCUT2D eigenvalue weighted by Gasteiger charge is -2.23. The third-order valence-corrected chi connectivity index (χ3v) is 6.03. The number of aromatic nitrogens is 5. The van der Waals surface area contributed by atoms with Gasteiger partial charge in [-0.05, 0) is 37.0 Å². The minimum absolute atomic E-state index is 0.176. The van der Waals surface area contributed by atoms with Gasteiger partial charge in [-0.15, -0.1) is 0 Å². The molecule has 0 aliphatic heterocycles. The quantitative estimate of drug-likeness (QED) is 0.478. The van der Waals surface area contributed by atoms with Gasteiger partial charge in [0, 0.05) is 18.8 Å². The molecule has 0 aromatic carbocycles. The van der Waals surface area contributed by atoms with Gasteiger partial charge in [-0.1, -0.05) is 19.3 Å². The van der Waals surface area contributed by atoms with E-state index in [9.17, 15) is 31.1 Å². The number of hydrogen-bond donors (Lipinski definition) is 0. The summed E-state index contributed by atoms with van der Waals surface area (Å²) >= 11 is 0. The number of rotatable bonds is 4. The zero-order chi connectivity index (χ0) is 24.7. The van der Waals surface area contributed by atoms with Crippen LogP contribution in [0.1, 0.15) is 60.5 Å². The average molecular weight is 485 g/mol. The third-order valence-electron chi connectivity index (χ3n) is 6.03. The van der Waals surface area contributed by atoms with E-state index in [1.165, 1.54) is 6.07 Å². The van der Waals surface area contributed by atoms with E-state index in [1.54, 1.807) is 0 Å². The van der Waals surface area contributed by atoms with E-state index in [2.05, 4.69) is 15.2 Å². The molecular weight excluding hydrogens is 464 g/mol. The first kappa shape index (κ1) is 24.0. The fourth-order valence-electron chi connectivity index (χ4n) is 4.43. The molecule has 3 aromatic rings. The highest BCUT2D eigenvalue weighted by Crippen LogP contribution is 2.38. The first-order chi connectivity index (χ1) is 16.0. The fourth-order valence-corrected chi connectivity index (χ4v) is 4.43. The van der Waals surface area contributed by atoms with Crippen LogP contribution in [0.2, 0.25) is 0 Å². The lowest BCUT2D eigenvalue weighted by molar-refractivity contribution is -0.143. The van der Waals surface area contributed by atoms with Gasteiger partial charge in [0.1, 0.15) is 0 Å². The van der Waals surface area contributed by atoms with E-state index < -0.39 is 41.4 Å². The number of pyridine rings is 1. The van der Waals surface area contributed by atoms with E-state index in [4.69, 9.17) is 0 Å². The maximum absolute atomic E-state index is 13.7. The van der Waals surface area contributed by atoms with Crippen molar-refractivity contribution in [2.75, 3.05) is 0 Å². The van der Waals surface area contributed by atoms with Gasteiger partial charge in [-0.25, -0.2) is 4.68 Å². The minimum atomic E-state index is -4.75. The van der Waals surface area contributed by atoms with Crippen molar-refractivity contribution >= 4 is 0 Å². The highest BCUT2D eigenvalue weighted by Gasteiger charge is 2.39. The van der Waals surface area contributed by atoms with Gasteiger partial charge in [0.15, 0.2) is 5.69 Å². The topological polar surface area (TPSA) is 65.6 Å². The Balaban J connectivity index is 1.89. The standard InChI is InChI=1S/C22H21F6N5O/c1-32-19(22(26,27)28)15(11-30-32)17-10-14(13-6-3-2-4-7-13)20(34)33(31-17)12-18-16(21(23,24)25)8-5-9-29-18/h5,8-11,13H,2-4,6-7,12H2,1H3. The first-order valence-electron chi connectivity index (χ1n) is 10.7. The average Bonchev–Trinajstić information content (AvgIpc) is 3.17. The van der Waals surface area contributed by atoms with Gasteiger partial charge in [-0.3, -0.25) is 14.5 Å². The summed E-state index contributed by atoms with van der Waals surface area (Å²) in [6.07, 6.45) is -3.32. The number of nitrogens with zero attached hydrogens (tertiary/aromatic N) is 5. The number of alkyl halides is 6. The molecule has 0 spiro atoms. The SMILES string of the molecule is Cn1ncc(-c2cc(C3CCCCC3)c(=O)n(Cc3ncccc3C(F)(F)F)n2)c1C(F)(F)F. The molecule has 1 fully saturated rings. The van der Waals surface area contributed by atoms with Crippen molar-refractivity contribution in [3.63, 3.8) is 0 Å². The predicted molar refractivity (Wildman–Crippen MR) is 110 cm³/mol. The molecule has 1 aliphatic carbocycles. The summed E-state index contributed by atoms with van der Waals surface area (Å²) in [6, 6.07) is 3.28. The van der Waals surface area contributed by atoms with Crippen molar-refractivity contribution in [1.82, 2.24) is 24.5 Å². The van der Waals surface area contributed by atoms with Gasteiger partial charge in [-0.2, -0.15) is 36.5 Å². The van der Waals surface area contributed by atoms with E-state index in [0.717, 1.165) is 55.5 Å². The Morgan fingerprint density at radius 1 is 1.06 bits per heavy atom. The van der Waals surface area contributed by atoms with Crippen LogP contribution in [0.5, 0.6) is 0 Å². The second-order valence-electron chi connectivity index (χ2n) is 8.31. The molecule has 0 bridgehead atoms. The molecule has 4 rings (SSSR count). The normalized spacial score (nSPS) is 15.6. The van der Waals surface area contributed by atoms with Crippen molar-refractivity contribution in [2.24, 2.45) is 7.05 Å². The lowest BCUT2D eigenvalue weighted by Crippen LogP contribution is -2.30. The van der Waals surface area contributed by atoms with Crippen LogP contribution in [0.15, 0.2) is 35.4 Å². The first-order valence-corrected chi connectivity index (χ1v) is 10.7. The van der Waals surface area contributed by atoms with Crippen molar-refractivity contribution < 1.29 is 26.3 Å². The van der Waals surface area contributed by atoms with Crippen LogP contribution >= 0.6 is 0 Å². The molecule has 3 aromatic heterocycles. The Labute approximate surface area is 190 Å². The van der Waals surface area contributed by atoms with Crippen LogP contribution < -0.4 is 5.56 Å². The summed E-state index contributed by atoms with van der Waals surface area (Å²) in [6.45, 7) is -0.635. The summed E-state index contributed by atoms with van der Waals surface area (Å²) in [4.78, 5) is 17.0. The molecule has 12 heteroatoms. The van der Waals surface area contributed by atoms with Crippen LogP contribution in [0.25, 0.3) is 11.3 Å². The molecule has 0 N–H and O–H groups in total. The van der Waals surface area contributed by atoms with Gasteiger partial charge >= 0.3 is 12.4 Å². The van der Waals surface area contributed by atoms with Crippen LogP contribution in [0, 0.1) is 0 Å². The molecular formula is C22H21F6N5O. The van der Waals surface area contributed by atoms with Crippen LogP contribution in [0.3, 0.4) is 0 Å². The Bertz CT molecular complexity index is 1240. The van der Waals surface area contributed by atoms with Crippen molar-refractivity contribution in [3.8, 4) is 11.3 Å². The zero-order valence-electron chi connectivity index (χ0n) is 18.1. The summed E-state index contributed by atoms with van der Waals surface area (Å²) in [5, 5.41) is 7.74. The molecule has 1 saturated carbocycles. The molecule has 0 amide bonds. The largest absolute Gasteiger partial charge is 0.433 e. The maximum atomic E-state index is 13.7. The van der Waals surface area contributed by atoms with Crippen LogP contribution in [-0.2, 0) is 25.9 Å². The second kappa shape index (κ2) is 8.88. The van der Waals surface area contributed by atoms with Crippen molar-refractivity contribution in [1.29, 1.82) is 0 Å². The number of aryl methyl sites for hydroxylation is 1. The van der Waals surface area contributed by atoms with Gasteiger partial charge in [0.05, 0.1) is 35.3 Å². The number of halogens is 6. The van der Waals surface area contributed by atoms with Gasteiger partial charge in [0.25, 0.3) is 5.56 Å². The highest BCUT2D eigenvalue weighted by molar-refractivity contribution is 5.62. The van der Waals surface area contributed by atoms with E-state index in [0.29, 0.717) is 17.5 Å². The molecule has 0 atom stereocenters. The van der Waals surface area contributed by atoms with Crippen molar-refractivity contribution in [3.05, 3.63) is 63.5 Å². The molecule has 0 radical (unpaired) electrons. The molecule has 1 aliphatic rings. The summed E-state index contributed by atoms with van der Waals surface area (Å²) in [5.41, 5.74) is -3.46. The van der Waals surface area contributed by atoms with E-state index in [-0.39, 0.29) is 22.7 Å². The Morgan fingerprint density at radius 3 is 2.41 bits per heavy atom. The molecule has 0 saturated heterocycles. The van der Waals surface area contributed by atoms with Gasteiger partial charge in [0.2, 0.25) is 0 Å². The second-order valence-corrected chi connectivity index (χ2v) is 8.31. The molecule has 34 heavy (non-hydrogen) atoms. The minimum Gasteiger partial charge on any atom is -0.267 e. The van der Waals surface area contributed by atoms with Crippen molar-refractivity contribution in [2.45, 2.75) is 56.9 Å². The summed E-state index contributed by atoms with van der Waals surface area (Å²) in [5.74, 6) is -0.217. The lowest BCUT2D eigenvalue weighted by atomic mass is 9.84. The maximum Gasteiger partial charge on any atom is 0.433 e. The highest BCUT2D eigenvalue weighted by atomic mass is 19.4. The smallest absolute Gasteiger partial charge is 0.267 e. The van der Waals surface area contributed by atoms with E-state index in [1.807, 2.05) is 0 Å².